The van der Waals surface area contributed by atoms with Gasteiger partial charge in [-0.2, -0.15) is 0 Å². The van der Waals surface area contributed by atoms with Crippen molar-refractivity contribution in [2.24, 2.45) is 5.73 Å². The van der Waals surface area contributed by atoms with E-state index in [0.29, 0.717) is 6.54 Å². The summed E-state index contributed by atoms with van der Waals surface area (Å²) in [6, 6.07) is 10.4. The molecule has 5 heteroatoms. The third-order valence-corrected chi connectivity index (χ3v) is 5.75. The summed E-state index contributed by atoms with van der Waals surface area (Å²) in [6.45, 7) is 3.54. The Bertz CT molecular complexity index is 566. The Kier molecular flexibility index (Phi) is 5.64. The number of hydrogen-bond donors (Lipinski definition) is 1. The van der Waals surface area contributed by atoms with Gasteiger partial charge in [-0.25, -0.2) is 0 Å². The number of hydrogen-bond acceptors (Lipinski definition) is 3. The zero-order chi connectivity index (χ0) is 14.7. The predicted molar refractivity (Wildman–Crippen MR) is 91.5 cm³/mol. The normalized spacial score (nSPS) is 12.9. The van der Waals surface area contributed by atoms with Crippen molar-refractivity contribution >= 4 is 38.9 Å². The van der Waals surface area contributed by atoms with E-state index in [0.717, 1.165) is 16.0 Å². The van der Waals surface area contributed by atoms with Crippen molar-refractivity contribution in [3.63, 3.8) is 0 Å². The van der Waals surface area contributed by atoms with Crippen molar-refractivity contribution in [1.82, 2.24) is 4.90 Å². The molecule has 2 aromatic rings. The molecule has 1 aromatic heterocycles. The van der Waals surface area contributed by atoms with Gasteiger partial charge < -0.3 is 5.73 Å². The lowest BCUT2D eigenvalue weighted by molar-refractivity contribution is 0.245. The monoisotopic (exact) mass is 372 g/mol. The van der Waals surface area contributed by atoms with Crippen LogP contribution < -0.4 is 5.73 Å². The number of rotatable bonds is 5. The lowest BCUT2D eigenvalue weighted by Crippen LogP contribution is -2.29. The fraction of sp³-hybridized carbons (Fsp3) is 0.333. The van der Waals surface area contributed by atoms with Crippen molar-refractivity contribution in [2.75, 3.05) is 13.6 Å². The fourth-order valence-electron chi connectivity index (χ4n) is 2.19. The van der Waals surface area contributed by atoms with Gasteiger partial charge in [0.05, 0.1) is 6.04 Å². The highest BCUT2D eigenvalue weighted by Crippen LogP contribution is 2.33. The van der Waals surface area contributed by atoms with E-state index in [4.69, 9.17) is 17.3 Å². The molecule has 0 aliphatic carbocycles. The highest BCUT2D eigenvalue weighted by molar-refractivity contribution is 9.10. The van der Waals surface area contributed by atoms with E-state index in [9.17, 15) is 0 Å². The minimum absolute atomic E-state index is 0.226. The first kappa shape index (κ1) is 16.0. The van der Waals surface area contributed by atoms with Gasteiger partial charge in [0.2, 0.25) is 0 Å². The summed E-state index contributed by atoms with van der Waals surface area (Å²) in [4.78, 5) is 4.85. The van der Waals surface area contributed by atoms with Crippen LogP contribution in [0.3, 0.4) is 0 Å². The van der Waals surface area contributed by atoms with Crippen LogP contribution in [0.1, 0.15) is 21.4 Å². The first-order valence-corrected chi connectivity index (χ1v) is 8.40. The maximum Gasteiger partial charge on any atom is 0.0565 e. The number of thiophene rings is 1. The number of likely N-dealkylation sites (N-methyl/N-ethyl adjacent to an activating group) is 1. The molecule has 0 saturated heterocycles. The molecule has 2 nitrogen and oxygen atoms in total. The Morgan fingerprint density at radius 1 is 1.40 bits per heavy atom. The standard InChI is InChI=1S/C15H18BrClN2S/c1-10-13(16)7-15(20-10)14(8-18)19(2)9-11-4-3-5-12(17)6-11/h3-7,14H,8-9,18H2,1-2H3. The van der Waals surface area contributed by atoms with Gasteiger partial charge in [0, 0.05) is 32.3 Å². The smallest absolute Gasteiger partial charge is 0.0565 e. The molecule has 1 aromatic carbocycles. The number of nitrogens with zero attached hydrogens (tertiary/aromatic N) is 1. The van der Waals surface area contributed by atoms with Crippen LogP contribution in [0, 0.1) is 6.92 Å². The van der Waals surface area contributed by atoms with E-state index in [-0.39, 0.29) is 6.04 Å². The molecular weight excluding hydrogens is 356 g/mol. The summed E-state index contributed by atoms with van der Waals surface area (Å²) in [5, 5.41) is 0.773. The molecule has 0 bridgehead atoms. The average Bonchev–Trinajstić information content (AvgIpc) is 2.70. The van der Waals surface area contributed by atoms with Crippen molar-refractivity contribution in [3.8, 4) is 0 Å². The lowest BCUT2D eigenvalue weighted by atomic mass is 10.1. The predicted octanol–water partition coefficient (Wildman–Crippen LogP) is 4.60. The lowest BCUT2D eigenvalue weighted by Gasteiger charge is -2.26. The zero-order valence-corrected chi connectivity index (χ0v) is 14.7. The fourth-order valence-corrected chi connectivity index (χ4v) is 4.15. The summed E-state index contributed by atoms with van der Waals surface area (Å²) < 4.78 is 1.16. The Labute approximate surface area is 137 Å². The Balaban J connectivity index is 2.15. The van der Waals surface area contributed by atoms with E-state index in [1.807, 2.05) is 18.2 Å². The molecule has 1 heterocycles. The van der Waals surface area contributed by atoms with Crippen molar-refractivity contribution in [1.29, 1.82) is 0 Å². The second kappa shape index (κ2) is 7.05. The van der Waals surface area contributed by atoms with E-state index < -0.39 is 0 Å². The van der Waals surface area contributed by atoms with Crippen LogP contribution in [-0.2, 0) is 6.54 Å². The Morgan fingerprint density at radius 3 is 2.70 bits per heavy atom. The van der Waals surface area contributed by atoms with Gasteiger partial charge in [-0.05, 0) is 53.7 Å². The van der Waals surface area contributed by atoms with Crippen molar-refractivity contribution in [2.45, 2.75) is 19.5 Å². The third kappa shape index (κ3) is 3.83. The summed E-state index contributed by atoms with van der Waals surface area (Å²) in [7, 11) is 2.10. The maximum absolute atomic E-state index is 6.04. The summed E-state index contributed by atoms with van der Waals surface area (Å²) in [5.41, 5.74) is 7.17. The molecule has 0 amide bonds. The van der Waals surface area contributed by atoms with Crippen molar-refractivity contribution in [3.05, 3.63) is 55.1 Å². The summed E-state index contributed by atoms with van der Waals surface area (Å²) in [6.07, 6.45) is 0. The van der Waals surface area contributed by atoms with Crippen LogP contribution in [0.2, 0.25) is 5.02 Å². The molecule has 0 spiro atoms. The molecule has 0 fully saturated rings. The van der Waals surface area contributed by atoms with Gasteiger partial charge >= 0.3 is 0 Å². The number of benzene rings is 1. The van der Waals surface area contributed by atoms with Gasteiger partial charge in [-0.3, -0.25) is 4.90 Å². The third-order valence-electron chi connectivity index (χ3n) is 3.28. The molecule has 108 valence electrons. The Morgan fingerprint density at radius 2 is 2.15 bits per heavy atom. The van der Waals surface area contributed by atoms with Crippen LogP contribution in [-0.4, -0.2) is 18.5 Å². The van der Waals surface area contributed by atoms with Gasteiger partial charge in [-0.15, -0.1) is 11.3 Å². The van der Waals surface area contributed by atoms with E-state index in [1.54, 1.807) is 11.3 Å². The minimum atomic E-state index is 0.226. The number of nitrogens with two attached hydrogens (primary N) is 1. The molecule has 0 saturated carbocycles. The van der Waals surface area contributed by atoms with Gasteiger partial charge in [-0.1, -0.05) is 23.7 Å². The van der Waals surface area contributed by atoms with Crippen LogP contribution in [0.4, 0.5) is 0 Å². The molecule has 1 unspecified atom stereocenters. The van der Waals surface area contributed by atoms with E-state index >= 15 is 0 Å². The van der Waals surface area contributed by atoms with Crippen LogP contribution in [0.15, 0.2) is 34.8 Å². The summed E-state index contributed by atoms with van der Waals surface area (Å²) >= 11 is 11.4. The largest absolute Gasteiger partial charge is 0.329 e. The van der Waals surface area contributed by atoms with Gasteiger partial charge in [0.25, 0.3) is 0 Å². The quantitative estimate of drug-likeness (QED) is 0.829. The molecule has 0 aliphatic rings. The first-order valence-electron chi connectivity index (χ1n) is 6.42. The van der Waals surface area contributed by atoms with Crippen LogP contribution >= 0.6 is 38.9 Å². The molecule has 0 aliphatic heterocycles. The zero-order valence-electron chi connectivity index (χ0n) is 11.6. The number of aryl methyl sites for hydroxylation is 1. The summed E-state index contributed by atoms with van der Waals surface area (Å²) in [5.74, 6) is 0. The van der Waals surface area contributed by atoms with Crippen LogP contribution in [0.5, 0.6) is 0 Å². The maximum atomic E-state index is 6.04. The minimum Gasteiger partial charge on any atom is -0.329 e. The van der Waals surface area contributed by atoms with Crippen molar-refractivity contribution < 1.29 is 0 Å². The van der Waals surface area contributed by atoms with E-state index in [1.165, 1.54) is 15.3 Å². The first-order chi connectivity index (χ1) is 9.51. The second-order valence-electron chi connectivity index (χ2n) is 4.85. The highest BCUT2D eigenvalue weighted by atomic mass is 79.9. The molecule has 1 atom stereocenters. The van der Waals surface area contributed by atoms with Crippen LogP contribution in [0.25, 0.3) is 0 Å². The molecule has 0 radical (unpaired) electrons. The van der Waals surface area contributed by atoms with E-state index in [2.05, 4.69) is 46.9 Å². The number of halogens is 2. The topological polar surface area (TPSA) is 29.3 Å². The van der Waals surface area contributed by atoms with Gasteiger partial charge in [0.1, 0.15) is 0 Å². The second-order valence-corrected chi connectivity index (χ2v) is 7.43. The van der Waals surface area contributed by atoms with Gasteiger partial charge in [0.15, 0.2) is 0 Å². The molecule has 2 rings (SSSR count). The average molecular weight is 374 g/mol. The molecule has 2 N–H and O–H groups in total. The Hall–Kier alpha value is -0.390. The molecular formula is C15H18BrClN2S. The SMILES string of the molecule is Cc1sc(C(CN)N(C)Cc2cccc(Cl)c2)cc1Br. The molecule has 20 heavy (non-hydrogen) atoms. The highest BCUT2D eigenvalue weighted by Gasteiger charge is 2.18.